The number of hydrogen-bond donors (Lipinski definition) is 2. The highest BCUT2D eigenvalue weighted by molar-refractivity contribution is 5.16. The first-order valence-electron chi connectivity index (χ1n) is 6.72. The molecule has 0 radical (unpaired) electrons. The minimum Gasteiger partial charge on any atom is -0.378 e. The van der Waals surface area contributed by atoms with E-state index in [1.807, 2.05) is 0 Å². The van der Waals surface area contributed by atoms with Crippen LogP contribution in [0.4, 0.5) is 0 Å². The predicted octanol–water partition coefficient (Wildman–Crippen LogP) is 0.535. The molecule has 5 heteroatoms. The number of morpholine rings is 1. The van der Waals surface area contributed by atoms with Crippen molar-refractivity contribution in [3.8, 4) is 0 Å². The average molecular weight is 250 g/mol. The maximum Gasteiger partial charge on any atom is 0.0925 e. The summed E-state index contributed by atoms with van der Waals surface area (Å²) in [5.41, 5.74) is 2.61. The van der Waals surface area contributed by atoms with E-state index in [4.69, 9.17) is 4.74 Å². The Morgan fingerprint density at radius 2 is 2.44 bits per heavy atom. The lowest BCUT2D eigenvalue weighted by Gasteiger charge is -2.44. The normalized spacial score (nSPS) is 28.0. The summed E-state index contributed by atoms with van der Waals surface area (Å²) in [6, 6.07) is 0.498. The van der Waals surface area contributed by atoms with Gasteiger partial charge in [0.2, 0.25) is 0 Å². The Kier molecular flexibility index (Phi) is 3.13. The van der Waals surface area contributed by atoms with Crippen LogP contribution in [0.2, 0.25) is 0 Å². The highest BCUT2D eigenvalue weighted by Gasteiger charge is 2.33. The zero-order valence-corrected chi connectivity index (χ0v) is 11.2. The molecule has 3 heterocycles. The first kappa shape index (κ1) is 12.1. The van der Waals surface area contributed by atoms with Gasteiger partial charge >= 0.3 is 0 Å². The Hall–Kier alpha value is -0.910. The Labute approximate surface area is 108 Å². The largest absolute Gasteiger partial charge is 0.378 e. The van der Waals surface area contributed by atoms with Crippen molar-refractivity contribution < 1.29 is 4.74 Å². The van der Waals surface area contributed by atoms with Gasteiger partial charge in [0.05, 0.1) is 30.9 Å². The summed E-state index contributed by atoms with van der Waals surface area (Å²) in [6.45, 7) is 9.20. The molecule has 2 aliphatic heterocycles. The van der Waals surface area contributed by atoms with E-state index in [1.54, 1.807) is 6.33 Å². The molecule has 5 nitrogen and oxygen atoms in total. The van der Waals surface area contributed by atoms with Crippen LogP contribution in [-0.4, -0.2) is 52.8 Å². The van der Waals surface area contributed by atoms with Crippen LogP contribution in [0.3, 0.4) is 0 Å². The molecule has 1 unspecified atom stereocenters. The number of ether oxygens (including phenoxy) is 1. The molecule has 2 aliphatic rings. The maximum atomic E-state index is 5.57. The van der Waals surface area contributed by atoms with Crippen molar-refractivity contribution in [1.82, 2.24) is 20.2 Å². The third-order valence-electron chi connectivity index (χ3n) is 4.07. The summed E-state index contributed by atoms with van der Waals surface area (Å²) in [5.74, 6) is 0. The Morgan fingerprint density at radius 1 is 1.56 bits per heavy atom. The smallest absolute Gasteiger partial charge is 0.0925 e. The van der Waals surface area contributed by atoms with Gasteiger partial charge in [0, 0.05) is 37.6 Å². The third-order valence-corrected chi connectivity index (χ3v) is 4.07. The van der Waals surface area contributed by atoms with Gasteiger partial charge in [0.15, 0.2) is 0 Å². The Balaban J connectivity index is 1.64. The van der Waals surface area contributed by atoms with Gasteiger partial charge in [-0.05, 0) is 13.8 Å². The number of fused-ring (bicyclic) bond motifs is 1. The van der Waals surface area contributed by atoms with Gasteiger partial charge in [-0.25, -0.2) is 4.98 Å². The van der Waals surface area contributed by atoms with Crippen LogP contribution < -0.4 is 5.32 Å². The van der Waals surface area contributed by atoms with E-state index in [0.717, 1.165) is 39.3 Å². The van der Waals surface area contributed by atoms with Crippen molar-refractivity contribution in [2.24, 2.45) is 0 Å². The average Bonchev–Trinajstić information content (AvgIpc) is 2.79. The molecule has 2 N–H and O–H groups in total. The van der Waals surface area contributed by atoms with E-state index in [9.17, 15) is 0 Å². The van der Waals surface area contributed by atoms with Crippen LogP contribution in [-0.2, 0) is 17.7 Å². The Bertz CT molecular complexity index is 415. The molecule has 1 aromatic heterocycles. The molecular weight excluding hydrogens is 228 g/mol. The second kappa shape index (κ2) is 4.64. The standard InChI is InChI=1S/C13H22N4O/c1-13(2)8-18-4-3-17(13)7-10-5-11-12(6-14-10)16-9-15-11/h9-10,14H,3-8H2,1-2H3,(H,15,16). The molecule has 0 amide bonds. The lowest BCUT2D eigenvalue weighted by molar-refractivity contribution is -0.0547. The summed E-state index contributed by atoms with van der Waals surface area (Å²) in [4.78, 5) is 10.1. The van der Waals surface area contributed by atoms with Crippen LogP contribution >= 0.6 is 0 Å². The molecule has 1 saturated heterocycles. The Morgan fingerprint density at radius 3 is 3.28 bits per heavy atom. The van der Waals surface area contributed by atoms with Crippen molar-refractivity contribution in [3.05, 3.63) is 17.7 Å². The number of nitrogens with one attached hydrogen (secondary N) is 2. The van der Waals surface area contributed by atoms with E-state index in [1.165, 1.54) is 11.4 Å². The number of rotatable bonds is 2. The zero-order valence-electron chi connectivity index (χ0n) is 11.2. The molecule has 1 atom stereocenters. The molecule has 100 valence electrons. The molecule has 0 aromatic carbocycles. The summed E-state index contributed by atoms with van der Waals surface area (Å²) in [6.07, 6.45) is 2.82. The maximum absolute atomic E-state index is 5.57. The van der Waals surface area contributed by atoms with E-state index in [0.29, 0.717) is 6.04 Å². The van der Waals surface area contributed by atoms with Gasteiger partial charge in [-0.15, -0.1) is 0 Å². The van der Waals surface area contributed by atoms with Crippen LogP contribution in [0, 0.1) is 0 Å². The van der Waals surface area contributed by atoms with Crippen molar-refractivity contribution in [2.45, 2.75) is 38.4 Å². The van der Waals surface area contributed by atoms with E-state index in [-0.39, 0.29) is 5.54 Å². The van der Waals surface area contributed by atoms with Crippen LogP contribution in [0.1, 0.15) is 25.2 Å². The highest BCUT2D eigenvalue weighted by atomic mass is 16.5. The molecule has 0 aliphatic carbocycles. The van der Waals surface area contributed by atoms with Crippen LogP contribution in [0.15, 0.2) is 6.33 Å². The summed E-state index contributed by atoms with van der Waals surface area (Å²) in [7, 11) is 0. The summed E-state index contributed by atoms with van der Waals surface area (Å²) < 4.78 is 5.57. The predicted molar refractivity (Wildman–Crippen MR) is 69.4 cm³/mol. The minimum atomic E-state index is 0.145. The summed E-state index contributed by atoms with van der Waals surface area (Å²) in [5, 5.41) is 3.59. The molecular formula is C13H22N4O. The van der Waals surface area contributed by atoms with E-state index >= 15 is 0 Å². The number of nitrogens with zero attached hydrogens (tertiary/aromatic N) is 2. The van der Waals surface area contributed by atoms with E-state index in [2.05, 4.69) is 34.0 Å². The van der Waals surface area contributed by atoms with Gasteiger partial charge in [-0.3, -0.25) is 4.90 Å². The molecule has 0 spiro atoms. The van der Waals surface area contributed by atoms with Crippen molar-refractivity contribution in [3.63, 3.8) is 0 Å². The molecule has 1 aromatic rings. The third kappa shape index (κ3) is 2.30. The van der Waals surface area contributed by atoms with Gasteiger partial charge in [-0.2, -0.15) is 0 Å². The molecule has 18 heavy (non-hydrogen) atoms. The molecule has 0 bridgehead atoms. The lowest BCUT2D eigenvalue weighted by Crippen LogP contribution is -2.57. The van der Waals surface area contributed by atoms with Crippen molar-refractivity contribution >= 4 is 0 Å². The number of aromatic amines is 1. The fraction of sp³-hybridized carbons (Fsp3) is 0.769. The van der Waals surface area contributed by atoms with Crippen molar-refractivity contribution in [2.75, 3.05) is 26.3 Å². The monoisotopic (exact) mass is 250 g/mol. The lowest BCUT2D eigenvalue weighted by atomic mass is 9.99. The fourth-order valence-electron chi connectivity index (χ4n) is 2.85. The number of hydrogen-bond acceptors (Lipinski definition) is 4. The highest BCUT2D eigenvalue weighted by Crippen LogP contribution is 2.21. The van der Waals surface area contributed by atoms with Gasteiger partial charge in [0.25, 0.3) is 0 Å². The van der Waals surface area contributed by atoms with Gasteiger partial charge in [0.1, 0.15) is 0 Å². The number of aromatic nitrogens is 2. The SMILES string of the molecule is CC1(C)COCCN1CC1Cc2nc[nH]c2CN1. The van der Waals surface area contributed by atoms with E-state index < -0.39 is 0 Å². The first-order chi connectivity index (χ1) is 8.65. The summed E-state index contributed by atoms with van der Waals surface area (Å²) >= 11 is 0. The topological polar surface area (TPSA) is 53.2 Å². The van der Waals surface area contributed by atoms with Crippen LogP contribution in [0.25, 0.3) is 0 Å². The fourth-order valence-corrected chi connectivity index (χ4v) is 2.85. The van der Waals surface area contributed by atoms with Gasteiger partial charge in [-0.1, -0.05) is 0 Å². The molecule has 0 saturated carbocycles. The first-order valence-corrected chi connectivity index (χ1v) is 6.72. The quantitative estimate of drug-likeness (QED) is 0.804. The van der Waals surface area contributed by atoms with Crippen molar-refractivity contribution in [1.29, 1.82) is 0 Å². The molecule has 3 rings (SSSR count). The number of H-pyrrole nitrogens is 1. The van der Waals surface area contributed by atoms with Crippen LogP contribution in [0.5, 0.6) is 0 Å². The second-order valence-corrected chi connectivity index (χ2v) is 5.92. The molecule has 1 fully saturated rings. The minimum absolute atomic E-state index is 0.145. The second-order valence-electron chi connectivity index (χ2n) is 5.92. The van der Waals surface area contributed by atoms with Gasteiger partial charge < -0.3 is 15.0 Å². The number of imidazole rings is 1. The zero-order chi connectivity index (χ0) is 12.6.